The van der Waals surface area contributed by atoms with Crippen molar-refractivity contribution in [2.75, 3.05) is 7.05 Å². The molecule has 0 saturated carbocycles. The van der Waals surface area contributed by atoms with E-state index in [4.69, 9.17) is 4.42 Å². The molecule has 2 aromatic heterocycles. The smallest absolute Gasteiger partial charge is 0.293 e. The molecule has 0 spiro atoms. The Morgan fingerprint density at radius 3 is 3.00 bits per heavy atom. The number of furan rings is 1. The van der Waals surface area contributed by atoms with Gasteiger partial charge < -0.3 is 9.32 Å². The van der Waals surface area contributed by atoms with E-state index < -0.39 is 0 Å². The second kappa shape index (κ2) is 4.18. The first kappa shape index (κ1) is 10.4. The summed E-state index contributed by atoms with van der Waals surface area (Å²) in [6, 6.07) is 3.59. The van der Waals surface area contributed by atoms with Crippen LogP contribution in [0.3, 0.4) is 0 Å². The molecule has 6 heteroatoms. The zero-order valence-corrected chi connectivity index (χ0v) is 9.10. The SMILES string of the molecule is Cc1nc(C(=O)N(C)Cc2ccco2)n[nH]1. The predicted octanol–water partition coefficient (Wildman–Crippen LogP) is 0.978. The molecule has 0 fully saturated rings. The van der Waals surface area contributed by atoms with E-state index in [0.717, 1.165) is 5.76 Å². The van der Waals surface area contributed by atoms with Crippen LogP contribution in [0.2, 0.25) is 0 Å². The topological polar surface area (TPSA) is 75.0 Å². The van der Waals surface area contributed by atoms with Gasteiger partial charge in [-0.1, -0.05) is 0 Å². The number of hydrogen-bond donors (Lipinski definition) is 1. The van der Waals surface area contributed by atoms with Gasteiger partial charge in [-0.3, -0.25) is 9.89 Å². The normalized spacial score (nSPS) is 10.4. The Bertz CT molecular complexity index is 475. The van der Waals surface area contributed by atoms with Gasteiger partial charge in [-0.2, -0.15) is 0 Å². The lowest BCUT2D eigenvalue weighted by molar-refractivity contribution is 0.0763. The second-order valence-corrected chi connectivity index (χ2v) is 3.49. The summed E-state index contributed by atoms with van der Waals surface area (Å²) in [5.41, 5.74) is 0. The van der Waals surface area contributed by atoms with Gasteiger partial charge in [0.1, 0.15) is 11.6 Å². The average Bonchev–Trinajstić information content (AvgIpc) is 2.88. The molecular formula is C10H12N4O2. The molecule has 0 atom stereocenters. The van der Waals surface area contributed by atoms with Crippen molar-refractivity contribution in [2.24, 2.45) is 0 Å². The Hall–Kier alpha value is -2.11. The summed E-state index contributed by atoms with van der Waals surface area (Å²) >= 11 is 0. The van der Waals surface area contributed by atoms with Gasteiger partial charge >= 0.3 is 0 Å². The molecule has 0 bridgehead atoms. The quantitative estimate of drug-likeness (QED) is 0.836. The van der Waals surface area contributed by atoms with E-state index in [2.05, 4.69) is 15.2 Å². The fraction of sp³-hybridized carbons (Fsp3) is 0.300. The van der Waals surface area contributed by atoms with Crippen LogP contribution in [0, 0.1) is 6.92 Å². The molecule has 2 aromatic rings. The third kappa shape index (κ3) is 2.10. The third-order valence-electron chi connectivity index (χ3n) is 2.11. The summed E-state index contributed by atoms with van der Waals surface area (Å²) in [5.74, 6) is 1.28. The lowest BCUT2D eigenvalue weighted by Crippen LogP contribution is -2.27. The average molecular weight is 220 g/mol. The maximum Gasteiger partial charge on any atom is 0.293 e. The number of rotatable bonds is 3. The molecule has 0 aliphatic rings. The van der Waals surface area contributed by atoms with Crippen molar-refractivity contribution in [3.63, 3.8) is 0 Å². The van der Waals surface area contributed by atoms with Crippen LogP contribution in [0.5, 0.6) is 0 Å². The van der Waals surface area contributed by atoms with Crippen LogP contribution in [-0.4, -0.2) is 33.0 Å². The number of aromatic nitrogens is 3. The number of amides is 1. The van der Waals surface area contributed by atoms with Crippen molar-refractivity contribution < 1.29 is 9.21 Å². The van der Waals surface area contributed by atoms with E-state index in [1.165, 1.54) is 4.90 Å². The molecule has 84 valence electrons. The Balaban J connectivity index is 2.05. The predicted molar refractivity (Wildman–Crippen MR) is 55.6 cm³/mol. The highest BCUT2D eigenvalue weighted by Gasteiger charge is 2.17. The van der Waals surface area contributed by atoms with Crippen LogP contribution in [0.25, 0.3) is 0 Å². The van der Waals surface area contributed by atoms with Gasteiger partial charge in [0, 0.05) is 7.05 Å². The fourth-order valence-corrected chi connectivity index (χ4v) is 1.32. The zero-order valence-electron chi connectivity index (χ0n) is 9.10. The van der Waals surface area contributed by atoms with Gasteiger partial charge in [0.15, 0.2) is 0 Å². The van der Waals surface area contributed by atoms with Gasteiger partial charge in [-0.05, 0) is 19.1 Å². The molecule has 6 nitrogen and oxygen atoms in total. The zero-order chi connectivity index (χ0) is 11.5. The lowest BCUT2D eigenvalue weighted by atomic mass is 10.4. The molecule has 0 aromatic carbocycles. The van der Waals surface area contributed by atoms with Gasteiger partial charge in [0.2, 0.25) is 5.82 Å². The Morgan fingerprint density at radius 1 is 1.62 bits per heavy atom. The highest BCUT2D eigenvalue weighted by atomic mass is 16.3. The first-order valence-corrected chi connectivity index (χ1v) is 4.83. The minimum Gasteiger partial charge on any atom is -0.467 e. The van der Waals surface area contributed by atoms with Crippen molar-refractivity contribution in [3.8, 4) is 0 Å². The maximum atomic E-state index is 11.8. The second-order valence-electron chi connectivity index (χ2n) is 3.49. The number of nitrogens with one attached hydrogen (secondary N) is 1. The van der Waals surface area contributed by atoms with Crippen molar-refractivity contribution >= 4 is 5.91 Å². The van der Waals surface area contributed by atoms with Crippen molar-refractivity contribution in [1.29, 1.82) is 0 Å². The maximum absolute atomic E-state index is 11.8. The molecule has 1 amide bonds. The number of carbonyl (C=O) groups excluding carboxylic acids is 1. The van der Waals surface area contributed by atoms with Crippen molar-refractivity contribution in [2.45, 2.75) is 13.5 Å². The Morgan fingerprint density at radius 2 is 2.44 bits per heavy atom. The van der Waals surface area contributed by atoms with Crippen LogP contribution in [-0.2, 0) is 6.54 Å². The van der Waals surface area contributed by atoms with Gasteiger partial charge in [-0.15, -0.1) is 5.10 Å². The highest BCUT2D eigenvalue weighted by molar-refractivity contribution is 5.90. The number of aryl methyl sites for hydroxylation is 1. The van der Waals surface area contributed by atoms with Gasteiger partial charge in [0.25, 0.3) is 5.91 Å². The van der Waals surface area contributed by atoms with Crippen LogP contribution >= 0.6 is 0 Å². The molecule has 0 radical (unpaired) electrons. The number of H-pyrrole nitrogens is 1. The van der Waals surface area contributed by atoms with E-state index in [0.29, 0.717) is 12.4 Å². The van der Waals surface area contributed by atoms with Crippen LogP contribution in [0.4, 0.5) is 0 Å². The fourth-order valence-electron chi connectivity index (χ4n) is 1.32. The van der Waals surface area contributed by atoms with Crippen molar-refractivity contribution in [1.82, 2.24) is 20.1 Å². The molecule has 2 rings (SSSR count). The number of nitrogens with zero attached hydrogens (tertiary/aromatic N) is 3. The summed E-state index contributed by atoms with van der Waals surface area (Å²) in [4.78, 5) is 17.3. The molecular weight excluding hydrogens is 208 g/mol. The van der Waals surface area contributed by atoms with Gasteiger partial charge in [-0.25, -0.2) is 4.98 Å². The van der Waals surface area contributed by atoms with E-state index in [1.807, 2.05) is 6.07 Å². The van der Waals surface area contributed by atoms with Crippen LogP contribution in [0.15, 0.2) is 22.8 Å². The summed E-state index contributed by atoms with van der Waals surface area (Å²) in [6.07, 6.45) is 1.57. The van der Waals surface area contributed by atoms with Crippen LogP contribution < -0.4 is 0 Å². The molecule has 2 heterocycles. The largest absolute Gasteiger partial charge is 0.467 e. The Labute approximate surface area is 92.3 Å². The summed E-state index contributed by atoms with van der Waals surface area (Å²) < 4.78 is 5.15. The van der Waals surface area contributed by atoms with E-state index >= 15 is 0 Å². The molecule has 0 aliphatic heterocycles. The molecule has 0 unspecified atom stereocenters. The van der Waals surface area contributed by atoms with E-state index in [-0.39, 0.29) is 11.7 Å². The minimum absolute atomic E-state index is 0.173. The summed E-state index contributed by atoms with van der Waals surface area (Å²) in [6.45, 7) is 2.15. The molecule has 1 N–H and O–H groups in total. The van der Waals surface area contributed by atoms with Crippen molar-refractivity contribution in [3.05, 3.63) is 35.8 Å². The molecule has 0 saturated heterocycles. The molecule has 16 heavy (non-hydrogen) atoms. The van der Waals surface area contributed by atoms with Gasteiger partial charge in [0.05, 0.1) is 12.8 Å². The van der Waals surface area contributed by atoms with E-state index in [1.54, 1.807) is 26.3 Å². The summed E-state index contributed by atoms with van der Waals surface area (Å²) in [5, 5.41) is 6.44. The first-order valence-electron chi connectivity index (χ1n) is 4.83. The van der Waals surface area contributed by atoms with E-state index in [9.17, 15) is 4.79 Å². The monoisotopic (exact) mass is 220 g/mol. The lowest BCUT2D eigenvalue weighted by Gasteiger charge is -2.12. The first-order chi connectivity index (χ1) is 7.66. The standard InChI is InChI=1S/C10H12N4O2/c1-7-11-9(13-12-7)10(15)14(2)6-8-4-3-5-16-8/h3-5H,6H2,1-2H3,(H,11,12,13). The summed E-state index contributed by atoms with van der Waals surface area (Å²) in [7, 11) is 1.68. The number of aromatic amines is 1. The Kier molecular flexibility index (Phi) is 2.72. The number of hydrogen-bond acceptors (Lipinski definition) is 4. The van der Waals surface area contributed by atoms with Crippen LogP contribution in [0.1, 0.15) is 22.2 Å². The molecule has 0 aliphatic carbocycles. The minimum atomic E-state index is -0.235. The third-order valence-corrected chi connectivity index (χ3v) is 2.11. The number of carbonyl (C=O) groups is 1. The highest BCUT2D eigenvalue weighted by Crippen LogP contribution is 2.06.